The van der Waals surface area contributed by atoms with E-state index in [1.54, 1.807) is 18.2 Å². The van der Waals surface area contributed by atoms with E-state index in [1.165, 1.54) is 77.0 Å². The number of hydrogen-bond acceptors (Lipinski definition) is 5. The van der Waals surface area contributed by atoms with E-state index in [9.17, 15) is 24.9 Å². The predicted octanol–water partition coefficient (Wildman–Crippen LogP) is 11.6. The molecule has 2 aliphatic carbocycles. The third-order valence-electron chi connectivity index (χ3n) is 12.1. The Kier molecular flexibility index (Phi) is 21.3. The SMILES string of the molecule is CCCCCCCCCCCCCCCOc1ccccc1C(=O)CC(CC/C=C\C[C@@H]1[C@@H](/C=C/C[C@H](O)C2(CC)CCC2)[C@H](O)C[C@H]1Cl)C(=O)O. The minimum absolute atomic E-state index is 0.0525. The second kappa shape index (κ2) is 25.0. The summed E-state index contributed by atoms with van der Waals surface area (Å²) in [5, 5.41) is 31.3. The van der Waals surface area contributed by atoms with E-state index in [4.69, 9.17) is 16.3 Å². The molecule has 0 aliphatic heterocycles. The number of para-hydroxylation sites is 1. The molecule has 0 bridgehead atoms. The Balaban J connectivity index is 1.36. The molecule has 0 spiro atoms. The molecule has 0 aromatic heterocycles. The van der Waals surface area contributed by atoms with Crippen LogP contribution in [0.25, 0.3) is 0 Å². The highest BCUT2D eigenvalue weighted by Crippen LogP contribution is 2.48. The lowest BCUT2D eigenvalue weighted by molar-refractivity contribution is -0.141. The van der Waals surface area contributed by atoms with Crippen LogP contribution in [0.3, 0.4) is 0 Å². The lowest BCUT2D eigenvalue weighted by Crippen LogP contribution is -2.40. The van der Waals surface area contributed by atoms with Gasteiger partial charge in [-0.25, -0.2) is 0 Å². The average Bonchev–Trinajstić information content (AvgIpc) is 3.38. The standard InChI is InChI=1S/C45H71ClO6/c1-3-5-6-7-8-9-10-11-12-13-14-15-21-32-52-42-28-20-19-26-38(42)40(47)33-35(44(50)51)24-17-16-18-25-36-37(41(48)34-39(36)46)27-22-29-43(49)45(4-2)30-23-31-45/h16,18-20,22,26-28,35-37,39,41,43,48-49H,3-15,17,21,23-25,29-34H2,1-2H3,(H,50,51)/b18-16-,27-22+/t35?,36-,37-,39-,41-,43+/m1/s1. The number of carbonyl (C=O) groups excluding carboxylic acids is 1. The molecule has 7 heteroatoms. The fraction of sp³-hybridized carbons (Fsp3) is 0.733. The van der Waals surface area contributed by atoms with Gasteiger partial charge in [0.2, 0.25) is 0 Å². The van der Waals surface area contributed by atoms with Gasteiger partial charge in [0, 0.05) is 17.7 Å². The second-order valence-corrected chi connectivity index (χ2v) is 16.4. The van der Waals surface area contributed by atoms with Gasteiger partial charge in [-0.2, -0.15) is 0 Å². The van der Waals surface area contributed by atoms with E-state index in [2.05, 4.69) is 13.8 Å². The number of ether oxygens (including phenoxy) is 1. The fourth-order valence-corrected chi connectivity index (χ4v) is 8.73. The van der Waals surface area contributed by atoms with Gasteiger partial charge < -0.3 is 20.1 Å². The van der Waals surface area contributed by atoms with Crippen LogP contribution in [0.1, 0.15) is 172 Å². The van der Waals surface area contributed by atoms with Crippen LogP contribution in [0.2, 0.25) is 0 Å². The smallest absolute Gasteiger partial charge is 0.306 e. The van der Waals surface area contributed by atoms with Gasteiger partial charge in [-0.1, -0.05) is 134 Å². The molecule has 1 aromatic rings. The Morgan fingerprint density at radius 1 is 0.923 bits per heavy atom. The summed E-state index contributed by atoms with van der Waals surface area (Å²) in [6, 6.07) is 7.19. The molecule has 52 heavy (non-hydrogen) atoms. The number of alkyl halides is 1. The van der Waals surface area contributed by atoms with Crippen molar-refractivity contribution in [3.63, 3.8) is 0 Å². The first kappa shape index (κ1) is 44.2. The zero-order valence-electron chi connectivity index (χ0n) is 32.5. The molecule has 0 radical (unpaired) electrons. The number of benzene rings is 1. The minimum atomic E-state index is -0.967. The van der Waals surface area contributed by atoms with Crippen molar-refractivity contribution in [1.82, 2.24) is 0 Å². The number of halogens is 1. The maximum absolute atomic E-state index is 13.3. The minimum Gasteiger partial charge on any atom is -0.493 e. The summed E-state index contributed by atoms with van der Waals surface area (Å²) in [5.41, 5.74) is 0.507. The number of aliphatic carboxylic acids is 1. The molecule has 6 atom stereocenters. The molecule has 0 amide bonds. The van der Waals surface area contributed by atoms with E-state index >= 15 is 0 Å². The molecule has 2 fully saturated rings. The highest BCUT2D eigenvalue weighted by Gasteiger charge is 2.42. The average molecular weight is 744 g/mol. The summed E-state index contributed by atoms with van der Waals surface area (Å²) < 4.78 is 6.03. The number of hydrogen-bond donors (Lipinski definition) is 3. The number of unbranched alkanes of at least 4 members (excludes halogenated alkanes) is 12. The van der Waals surface area contributed by atoms with Gasteiger partial charge in [0.15, 0.2) is 5.78 Å². The van der Waals surface area contributed by atoms with Gasteiger partial charge in [-0.05, 0) is 81.3 Å². The van der Waals surface area contributed by atoms with Crippen molar-refractivity contribution in [3.05, 3.63) is 54.1 Å². The van der Waals surface area contributed by atoms with Crippen LogP contribution in [-0.2, 0) is 4.79 Å². The summed E-state index contributed by atoms with van der Waals surface area (Å²) >= 11 is 6.66. The predicted molar refractivity (Wildman–Crippen MR) is 214 cm³/mol. The second-order valence-electron chi connectivity index (χ2n) is 15.8. The first-order chi connectivity index (χ1) is 25.2. The van der Waals surface area contributed by atoms with E-state index in [0.717, 1.165) is 32.1 Å². The van der Waals surface area contributed by atoms with Crippen molar-refractivity contribution in [1.29, 1.82) is 0 Å². The van der Waals surface area contributed by atoms with Crippen molar-refractivity contribution in [3.8, 4) is 5.75 Å². The number of Topliss-reactive ketones (excluding diaryl/α,β-unsaturated/α-hetero) is 1. The third kappa shape index (κ3) is 14.9. The number of ketones is 1. The maximum atomic E-state index is 13.3. The first-order valence-electron chi connectivity index (χ1n) is 21.0. The molecule has 294 valence electrons. The largest absolute Gasteiger partial charge is 0.493 e. The normalized spacial score (nSPS) is 22.5. The van der Waals surface area contributed by atoms with Gasteiger partial charge in [0.25, 0.3) is 0 Å². The summed E-state index contributed by atoms with van der Waals surface area (Å²) in [5.74, 6) is -1.43. The van der Waals surface area contributed by atoms with Gasteiger partial charge in [-0.3, -0.25) is 9.59 Å². The van der Waals surface area contributed by atoms with Crippen LogP contribution < -0.4 is 4.74 Å². The number of rotatable bonds is 29. The van der Waals surface area contributed by atoms with Crippen molar-refractivity contribution in [2.75, 3.05) is 6.61 Å². The number of carboxylic acid groups (broad SMARTS) is 1. The van der Waals surface area contributed by atoms with Gasteiger partial charge >= 0.3 is 5.97 Å². The van der Waals surface area contributed by atoms with Crippen LogP contribution in [0.15, 0.2) is 48.6 Å². The molecular weight excluding hydrogens is 672 g/mol. The number of aliphatic hydroxyl groups is 2. The molecular formula is C45H71ClO6. The molecule has 2 aliphatic rings. The van der Waals surface area contributed by atoms with Crippen LogP contribution in [0.4, 0.5) is 0 Å². The topological polar surface area (TPSA) is 104 Å². The lowest BCUT2D eigenvalue weighted by Gasteiger charge is -2.45. The quantitative estimate of drug-likeness (QED) is 0.0327. The Morgan fingerprint density at radius 2 is 1.56 bits per heavy atom. The van der Waals surface area contributed by atoms with E-state index in [1.807, 2.05) is 30.4 Å². The zero-order chi connectivity index (χ0) is 37.6. The molecule has 2 saturated carbocycles. The van der Waals surface area contributed by atoms with Gasteiger partial charge in [-0.15, -0.1) is 11.6 Å². The molecule has 3 rings (SSSR count). The molecule has 1 aromatic carbocycles. The van der Waals surface area contributed by atoms with Crippen molar-refractivity contribution in [2.45, 2.75) is 179 Å². The van der Waals surface area contributed by atoms with E-state index < -0.39 is 18.0 Å². The number of aliphatic hydroxyl groups excluding tert-OH is 2. The van der Waals surface area contributed by atoms with Crippen LogP contribution in [0.5, 0.6) is 5.75 Å². The van der Waals surface area contributed by atoms with Gasteiger partial charge in [0.05, 0.1) is 30.3 Å². The summed E-state index contributed by atoms with van der Waals surface area (Å²) in [7, 11) is 0. The zero-order valence-corrected chi connectivity index (χ0v) is 33.3. The van der Waals surface area contributed by atoms with Crippen LogP contribution >= 0.6 is 11.6 Å². The van der Waals surface area contributed by atoms with Crippen LogP contribution in [-0.4, -0.2) is 51.3 Å². The monoisotopic (exact) mass is 742 g/mol. The van der Waals surface area contributed by atoms with Crippen molar-refractivity contribution < 1.29 is 29.6 Å². The van der Waals surface area contributed by atoms with Crippen molar-refractivity contribution in [2.24, 2.45) is 23.2 Å². The Hall–Kier alpha value is -2.15. The number of carboxylic acids is 1. The van der Waals surface area contributed by atoms with E-state index in [-0.39, 0.29) is 40.9 Å². The van der Waals surface area contributed by atoms with E-state index in [0.29, 0.717) is 50.0 Å². The fourth-order valence-electron chi connectivity index (χ4n) is 8.27. The molecule has 0 heterocycles. The highest BCUT2D eigenvalue weighted by molar-refractivity contribution is 6.21. The third-order valence-corrected chi connectivity index (χ3v) is 12.6. The molecule has 3 N–H and O–H groups in total. The lowest BCUT2D eigenvalue weighted by atomic mass is 9.63. The van der Waals surface area contributed by atoms with Gasteiger partial charge in [0.1, 0.15) is 5.75 Å². The van der Waals surface area contributed by atoms with Crippen LogP contribution in [0, 0.1) is 23.2 Å². The summed E-state index contributed by atoms with van der Waals surface area (Å²) in [6.07, 6.45) is 30.9. The Bertz CT molecular complexity index is 1200. The molecule has 0 saturated heterocycles. The first-order valence-corrected chi connectivity index (χ1v) is 21.5. The maximum Gasteiger partial charge on any atom is 0.306 e. The number of carbonyl (C=O) groups is 2. The number of allylic oxidation sites excluding steroid dienone is 2. The Labute approximate surface area is 320 Å². The summed E-state index contributed by atoms with van der Waals surface area (Å²) in [6.45, 7) is 4.96. The molecule has 1 unspecified atom stereocenters. The van der Waals surface area contributed by atoms with Crippen molar-refractivity contribution >= 4 is 23.4 Å². The highest BCUT2D eigenvalue weighted by atomic mass is 35.5. The Morgan fingerprint density at radius 3 is 2.15 bits per heavy atom. The summed E-state index contributed by atoms with van der Waals surface area (Å²) in [4.78, 5) is 25.4. The molecule has 6 nitrogen and oxygen atoms in total.